The first-order valence-corrected chi connectivity index (χ1v) is 4.18. The molecule has 68 valence electrons. The average Bonchev–Trinajstić information content (AvgIpc) is 2.01. The van der Waals surface area contributed by atoms with Gasteiger partial charge in [0, 0.05) is 6.54 Å². The summed E-state index contributed by atoms with van der Waals surface area (Å²) in [5.41, 5.74) is 0. The van der Waals surface area contributed by atoms with Gasteiger partial charge in [-0.15, -0.1) is 0 Å². The fourth-order valence-electron chi connectivity index (χ4n) is 0.954. The molecule has 0 rings (SSSR count). The predicted molar refractivity (Wildman–Crippen MR) is 45.5 cm³/mol. The van der Waals surface area contributed by atoms with Crippen molar-refractivity contribution >= 4 is 0 Å². The number of hydrogen-bond donors (Lipinski definition) is 2. The smallest absolute Gasteiger partial charge is 0.0783 e. The molecule has 0 aromatic rings. The summed E-state index contributed by atoms with van der Waals surface area (Å²) >= 11 is 0. The van der Waals surface area contributed by atoms with Gasteiger partial charge in [0.1, 0.15) is 0 Å². The van der Waals surface area contributed by atoms with E-state index in [0.29, 0.717) is 6.42 Å². The first-order chi connectivity index (χ1) is 5.20. The van der Waals surface area contributed by atoms with E-state index in [4.69, 9.17) is 10.2 Å². The molecule has 0 bridgehead atoms. The van der Waals surface area contributed by atoms with Crippen molar-refractivity contribution in [2.75, 3.05) is 26.7 Å². The number of aliphatic hydroxyl groups excluding tert-OH is 2. The van der Waals surface area contributed by atoms with Gasteiger partial charge in [0.2, 0.25) is 0 Å². The monoisotopic (exact) mass is 161 g/mol. The second-order valence-corrected chi connectivity index (χ2v) is 2.93. The van der Waals surface area contributed by atoms with Crippen LogP contribution >= 0.6 is 0 Å². The Morgan fingerprint density at radius 1 is 1.36 bits per heavy atom. The van der Waals surface area contributed by atoms with Crippen LogP contribution in [0.5, 0.6) is 0 Å². The molecular formula is C8H19NO2. The Balaban J connectivity index is 3.22. The summed E-state index contributed by atoms with van der Waals surface area (Å²) in [7, 11) is 2.02. The SMILES string of the molecule is CCCN(C)CCC(O)CO. The van der Waals surface area contributed by atoms with Crippen LogP contribution in [0.15, 0.2) is 0 Å². The average molecular weight is 161 g/mol. The van der Waals surface area contributed by atoms with Crippen LogP contribution in [0, 0.1) is 0 Å². The van der Waals surface area contributed by atoms with Crippen LogP contribution in [0.25, 0.3) is 0 Å². The lowest BCUT2D eigenvalue weighted by molar-refractivity contribution is 0.0799. The summed E-state index contributed by atoms with van der Waals surface area (Å²) in [6, 6.07) is 0. The fraction of sp³-hybridized carbons (Fsp3) is 1.00. The fourth-order valence-corrected chi connectivity index (χ4v) is 0.954. The van der Waals surface area contributed by atoms with Crippen LogP contribution in [-0.4, -0.2) is 48.0 Å². The summed E-state index contributed by atoms with van der Waals surface area (Å²) in [6.07, 6.45) is 1.24. The third kappa shape index (κ3) is 6.28. The Kier molecular flexibility index (Phi) is 6.51. The Morgan fingerprint density at radius 2 is 2.00 bits per heavy atom. The van der Waals surface area contributed by atoms with Crippen molar-refractivity contribution in [3.05, 3.63) is 0 Å². The molecule has 0 heterocycles. The highest BCUT2D eigenvalue weighted by molar-refractivity contribution is 4.56. The lowest BCUT2D eigenvalue weighted by atomic mass is 10.2. The van der Waals surface area contributed by atoms with Crippen LogP contribution in [0.4, 0.5) is 0 Å². The van der Waals surface area contributed by atoms with Crippen LogP contribution in [0.3, 0.4) is 0 Å². The molecule has 1 atom stereocenters. The van der Waals surface area contributed by atoms with Crippen molar-refractivity contribution in [1.29, 1.82) is 0 Å². The van der Waals surface area contributed by atoms with Gasteiger partial charge in [0.05, 0.1) is 12.7 Å². The number of hydrogen-bond acceptors (Lipinski definition) is 3. The van der Waals surface area contributed by atoms with Crippen LogP contribution in [0.2, 0.25) is 0 Å². The van der Waals surface area contributed by atoms with Crippen LogP contribution < -0.4 is 0 Å². The van der Waals surface area contributed by atoms with Crippen molar-refractivity contribution in [3.8, 4) is 0 Å². The molecule has 0 aromatic carbocycles. The molecule has 0 radical (unpaired) electrons. The van der Waals surface area contributed by atoms with Gasteiger partial charge in [-0.25, -0.2) is 0 Å². The topological polar surface area (TPSA) is 43.7 Å². The van der Waals surface area contributed by atoms with Gasteiger partial charge in [0.15, 0.2) is 0 Å². The number of aliphatic hydroxyl groups is 2. The maximum atomic E-state index is 9.00. The number of nitrogens with zero attached hydrogens (tertiary/aromatic N) is 1. The second kappa shape index (κ2) is 6.58. The summed E-state index contributed by atoms with van der Waals surface area (Å²) in [6.45, 7) is 3.91. The highest BCUT2D eigenvalue weighted by Crippen LogP contribution is 1.94. The van der Waals surface area contributed by atoms with E-state index >= 15 is 0 Å². The van der Waals surface area contributed by atoms with Crippen LogP contribution in [-0.2, 0) is 0 Å². The van der Waals surface area contributed by atoms with Crippen molar-refractivity contribution in [2.24, 2.45) is 0 Å². The zero-order chi connectivity index (χ0) is 8.69. The minimum absolute atomic E-state index is 0.125. The molecule has 0 aliphatic rings. The summed E-state index contributed by atoms with van der Waals surface area (Å²) in [5.74, 6) is 0. The van der Waals surface area contributed by atoms with Gasteiger partial charge in [-0.1, -0.05) is 6.92 Å². The maximum Gasteiger partial charge on any atom is 0.0783 e. The normalized spacial score (nSPS) is 13.9. The van der Waals surface area contributed by atoms with Gasteiger partial charge >= 0.3 is 0 Å². The van der Waals surface area contributed by atoms with Crippen molar-refractivity contribution in [3.63, 3.8) is 0 Å². The minimum Gasteiger partial charge on any atom is -0.394 e. The zero-order valence-electron chi connectivity index (χ0n) is 7.45. The van der Waals surface area contributed by atoms with Gasteiger partial charge in [-0.3, -0.25) is 0 Å². The van der Waals surface area contributed by atoms with Gasteiger partial charge in [-0.05, 0) is 26.4 Å². The summed E-state index contributed by atoms with van der Waals surface area (Å²) in [5, 5.41) is 17.5. The zero-order valence-corrected chi connectivity index (χ0v) is 7.45. The van der Waals surface area contributed by atoms with E-state index in [0.717, 1.165) is 19.5 Å². The Hall–Kier alpha value is -0.120. The van der Waals surface area contributed by atoms with E-state index in [-0.39, 0.29) is 6.61 Å². The lowest BCUT2D eigenvalue weighted by Crippen LogP contribution is -2.25. The van der Waals surface area contributed by atoms with Crippen molar-refractivity contribution in [2.45, 2.75) is 25.9 Å². The van der Waals surface area contributed by atoms with E-state index in [1.165, 1.54) is 0 Å². The molecule has 0 fully saturated rings. The molecule has 0 aliphatic carbocycles. The molecule has 3 nitrogen and oxygen atoms in total. The molecule has 0 aromatic heterocycles. The van der Waals surface area contributed by atoms with Crippen molar-refractivity contribution in [1.82, 2.24) is 4.90 Å². The molecule has 11 heavy (non-hydrogen) atoms. The van der Waals surface area contributed by atoms with E-state index in [9.17, 15) is 0 Å². The quantitative estimate of drug-likeness (QED) is 0.579. The molecule has 0 saturated heterocycles. The van der Waals surface area contributed by atoms with E-state index in [2.05, 4.69) is 11.8 Å². The largest absolute Gasteiger partial charge is 0.394 e. The molecule has 0 aliphatic heterocycles. The van der Waals surface area contributed by atoms with Gasteiger partial charge in [-0.2, -0.15) is 0 Å². The Bertz CT molecular complexity index is 88.2. The predicted octanol–water partition coefficient (Wildman–Crippen LogP) is 0.0715. The highest BCUT2D eigenvalue weighted by atomic mass is 16.3. The summed E-state index contributed by atoms with van der Waals surface area (Å²) < 4.78 is 0. The molecule has 1 unspecified atom stereocenters. The third-order valence-electron chi connectivity index (χ3n) is 1.66. The molecule has 2 N–H and O–H groups in total. The minimum atomic E-state index is -0.547. The van der Waals surface area contributed by atoms with Gasteiger partial charge < -0.3 is 15.1 Å². The van der Waals surface area contributed by atoms with Crippen molar-refractivity contribution < 1.29 is 10.2 Å². The highest BCUT2D eigenvalue weighted by Gasteiger charge is 2.03. The standard InChI is InChI=1S/C8H19NO2/c1-3-5-9(2)6-4-8(11)7-10/h8,10-11H,3-7H2,1-2H3. The van der Waals surface area contributed by atoms with Crippen LogP contribution in [0.1, 0.15) is 19.8 Å². The molecule has 0 amide bonds. The lowest BCUT2D eigenvalue weighted by Gasteiger charge is -2.16. The molecule has 0 saturated carbocycles. The Labute approximate surface area is 68.6 Å². The number of rotatable bonds is 6. The Morgan fingerprint density at radius 3 is 2.45 bits per heavy atom. The third-order valence-corrected chi connectivity index (χ3v) is 1.66. The van der Waals surface area contributed by atoms with E-state index in [1.807, 2.05) is 7.05 Å². The van der Waals surface area contributed by atoms with E-state index in [1.54, 1.807) is 0 Å². The molecule has 3 heteroatoms. The molecule has 0 spiro atoms. The first kappa shape index (κ1) is 10.9. The van der Waals surface area contributed by atoms with E-state index < -0.39 is 6.10 Å². The van der Waals surface area contributed by atoms with Gasteiger partial charge in [0.25, 0.3) is 0 Å². The molecular weight excluding hydrogens is 142 g/mol. The second-order valence-electron chi connectivity index (χ2n) is 2.93. The summed E-state index contributed by atoms with van der Waals surface area (Å²) in [4.78, 5) is 2.15. The first-order valence-electron chi connectivity index (χ1n) is 4.18. The maximum absolute atomic E-state index is 9.00.